The fourth-order valence-corrected chi connectivity index (χ4v) is 12.3. The Kier molecular flexibility index (Phi) is 11.4. The van der Waals surface area contributed by atoms with Gasteiger partial charge in [0.2, 0.25) is 0 Å². The fraction of sp³-hybridized carbons (Fsp3) is 0.155. The number of hydrogen-bond donors (Lipinski definition) is 0. The minimum atomic E-state index is -0.659. The molecule has 0 N–H and O–H groups in total. The van der Waals surface area contributed by atoms with Crippen LogP contribution in [-0.4, -0.2) is 0 Å². The predicted octanol–water partition coefficient (Wildman–Crippen LogP) is 19.2. The highest BCUT2D eigenvalue weighted by Crippen LogP contribution is 2.60. The topological polar surface area (TPSA) is 6.48 Å². The number of hydrogen-bond acceptors (Lipinski definition) is 2. The Morgan fingerprint density at radius 2 is 0.753 bits per heavy atom. The van der Waals surface area contributed by atoms with E-state index in [1.54, 1.807) is 0 Å². The molecule has 3 aliphatic carbocycles. The number of fused-ring (bicyclic) bond motifs is 9. The maximum atomic E-state index is 2.55. The van der Waals surface area contributed by atoms with Crippen molar-refractivity contribution in [3.8, 4) is 33.4 Å². The van der Waals surface area contributed by atoms with Gasteiger partial charge in [0.25, 0.3) is 0 Å². The Hall–Kier alpha value is -8.20. The zero-order valence-electron chi connectivity index (χ0n) is 43.4. The molecular weight excluding hydrogens is 881 g/mol. The highest BCUT2D eigenvalue weighted by Gasteiger charge is 2.49. The lowest BCUT2D eigenvalue weighted by Crippen LogP contribution is -2.31. The molecule has 356 valence electrons. The van der Waals surface area contributed by atoms with Crippen molar-refractivity contribution < 1.29 is 0 Å². The van der Waals surface area contributed by atoms with Crippen molar-refractivity contribution in [3.05, 3.63) is 278 Å². The molecule has 2 nitrogen and oxygen atoms in total. The van der Waals surface area contributed by atoms with Gasteiger partial charge in [-0.1, -0.05) is 158 Å². The standard InChI is InChI=1S/C71H62N2/c1-45-25-31-55(39-49(45)5)72(57-35-37-63(51(7)41-57)61-19-11-9-17-47(61)3)59-33-29-53-27-28-54-30-34-60(44-70(54)71(69(53)43-59)67-23-15-13-21-65(67)66-22-14-16-24-68(66)71)73(56-32-26-46(2)50(6)40-56)58-36-38-64(52(8)42-58)62-20-12-10-18-48(62)4/h9-39,41-44,50H,40H2,1-8H3. The molecule has 9 aromatic carbocycles. The lowest BCUT2D eigenvalue weighted by atomic mass is 9.66. The quantitative estimate of drug-likeness (QED) is 0.150. The summed E-state index contributed by atoms with van der Waals surface area (Å²) < 4.78 is 0. The third kappa shape index (κ3) is 7.62. The third-order valence-corrected chi connectivity index (χ3v) is 16.5. The van der Waals surface area contributed by atoms with Crippen molar-refractivity contribution in [2.24, 2.45) is 5.92 Å². The van der Waals surface area contributed by atoms with Crippen molar-refractivity contribution in [1.82, 2.24) is 0 Å². The van der Waals surface area contributed by atoms with Crippen molar-refractivity contribution in [2.75, 3.05) is 9.80 Å². The molecule has 0 aliphatic heterocycles. The zero-order chi connectivity index (χ0) is 50.1. The van der Waals surface area contributed by atoms with Crippen molar-refractivity contribution >= 4 is 40.6 Å². The monoisotopic (exact) mass is 942 g/mol. The third-order valence-electron chi connectivity index (χ3n) is 16.5. The summed E-state index contributed by atoms with van der Waals surface area (Å²) >= 11 is 0. The summed E-state index contributed by atoms with van der Waals surface area (Å²) in [5.74, 6) is 0.423. The SMILES string of the molecule is CC1=CC=C(N(c2ccc(-c3ccccc3C)c(C)c2)c2ccc3c(c2)C2(c4cc(N(c5ccc(C)c(C)c5)c5ccc(-c6ccccc6C)c(C)c5)ccc4C=C3)c3ccccc3-c3ccccc32)CC1C. The average Bonchev–Trinajstić information content (AvgIpc) is 3.63. The van der Waals surface area contributed by atoms with Crippen molar-refractivity contribution in [3.63, 3.8) is 0 Å². The molecule has 1 atom stereocenters. The van der Waals surface area contributed by atoms with Gasteiger partial charge < -0.3 is 9.80 Å². The van der Waals surface area contributed by atoms with Crippen LogP contribution < -0.4 is 9.80 Å². The summed E-state index contributed by atoms with van der Waals surface area (Å²) in [5, 5.41) is 0. The Balaban J connectivity index is 1.10. The minimum Gasteiger partial charge on any atom is -0.314 e. The van der Waals surface area contributed by atoms with Gasteiger partial charge in [-0.2, -0.15) is 0 Å². The van der Waals surface area contributed by atoms with Gasteiger partial charge in [0.1, 0.15) is 0 Å². The van der Waals surface area contributed by atoms with Crippen LogP contribution in [0, 0.1) is 47.5 Å². The molecule has 12 rings (SSSR count). The molecule has 0 aromatic heterocycles. The first-order valence-electron chi connectivity index (χ1n) is 26.0. The fourth-order valence-electron chi connectivity index (χ4n) is 12.3. The van der Waals surface area contributed by atoms with Crippen LogP contribution >= 0.6 is 0 Å². The molecule has 2 heteroatoms. The first-order chi connectivity index (χ1) is 35.5. The molecule has 3 aliphatic rings. The maximum Gasteiger partial charge on any atom is 0.0726 e. The molecule has 0 radical (unpaired) electrons. The van der Waals surface area contributed by atoms with Crippen molar-refractivity contribution in [1.29, 1.82) is 0 Å². The number of nitrogens with zero attached hydrogens (tertiary/aromatic N) is 2. The summed E-state index contributed by atoms with van der Waals surface area (Å²) in [6.45, 7) is 18.0. The van der Waals surface area contributed by atoms with E-state index in [0.29, 0.717) is 5.92 Å². The largest absolute Gasteiger partial charge is 0.314 e. The molecule has 0 saturated heterocycles. The van der Waals surface area contributed by atoms with E-state index in [9.17, 15) is 0 Å². The lowest BCUT2D eigenvalue weighted by molar-refractivity contribution is 0.653. The maximum absolute atomic E-state index is 2.55. The average molecular weight is 943 g/mol. The zero-order valence-corrected chi connectivity index (χ0v) is 43.4. The highest BCUT2D eigenvalue weighted by atomic mass is 15.2. The molecule has 1 spiro atoms. The first-order valence-corrected chi connectivity index (χ1v) is 26.0. The molecular formula is C71H62N2. The van der Waals surface area contributed by atoms with Gasteiger partial charge in [0.05, 0.1) is 5.41 Å². The number of benzene rings is 9. The van der Waals surface area contributed by atoms with Gasteiger partial charge in [-0.15, -0.1) is 0 Å². The Bertz CT molecular complexity index is 3740. The second-order valence-corrected chi connectivity index (χ2v) is 21.0. The van der Waals surface area contributed by atoms with Gasteiger partial charge in [0, 0.05) is 34.1 Å². The summed E-state index contributed by atoms with van der Waals surface area (Å²) in [5.41, 5.74) is 30.6. The van der Waals surface area contributed by atoms with Gasteiger partial charge in [-0.3, -0.25) is 0 Å². The molecule has 73 heavy (non-hydrogen) atoms. The molecule has 0 bridgehead atoms. The van der Waals surface area contributed by atoms with E-state index in [1.807, 2.05) is 0 Å². The second-order valence-electron chi connectivity index (χ2n) is 21.0. The lowest BCUT2D eigenvalue weighted by Gasteiger charge is -2.38. The Morgan fingerprint density at radius 1 is 0.342 bits per heavy atom. The normalized spacial score (nSPS) is 14.9. The molecule has 1 unspecified atom stereocenters. The second kappa shape index (κ2) is 18.1. The van der Waals surface area contributed by atoms with E-state index in [0.717, 1.165) is 29.2 Å². The van der Waals surface area contributed by atoms with Gasteiger partial charge in [-0.25, -0.2) is 0 Å². The van der Waals surface area contributed by atoms with Crippen LogP contribution in [0.3, 0.4) is 0 Å². The van der Waals surface area contributed by atoms with Gasteiger partial charge >= 0.3 is 0 Å². The Labute approximate surface area is 433 Å². The Morgan fingerprint density at radius 3 is 1.25 bits per heavy atom. The van der Waals surface area contributed by atoms with E-state index in [-0.39, 0.29) is 0 Å². The van der Waals surface area contributed by atoms with E-state index >= 15 is 0 Å². The van der Waals surface area contributed by atoms with Gasteiger partial charge in [0.15, 0.2) is 0 Å². The molecule has 0 saturated carbocycles. The van der Waals surface area contributed by atoms with Crippen LogP contribution in [0.4, 0.5) is 28.4 Å². The molecule has 0 amide bonds. The molecule has 0 heterocycles. The van der Waals surface area contributed by atoms with Crippen LogP contribution in [0.15, 0.2) is 211 Å². The van der Waals surface area contributed by atoms with Gasteiger partial charge in [-0.05, 0) is 228 Å². The minimum absolute atomic E-state index is 0.423. The van der Waals surface area contributed by atoms with Crippen LogP contribution in [0.5, 0.6) is 0 Å². The summed E-state index contributed by atoms with van der Waals surface area (Å²) in [7, 11) is 0. The van der Waals surface area contributed by atoms with E-state index < -0.39 is 5.41 Å². The van der Waals surface area contributed by atoms with E-state index in [2.05, 4.69) is 278 Å². The van der Waals surface area contributed by atoms with Crippen LogP contribution in [0.1, 0.15) is 87.0 Å². The predicted molar refractivity (Wildman–Crippen MR) is 311 cm³/mol. The summed E-state index contributed by atoms with van der Waals surface area (Å²) in [4.78, 5) is 5.02. The number of anilines is 5. The first kappa shape index (κ1) is 45.9. The number of allylic oxidation sites excluding steroid dienone is 4. The van der Waals surface area contributed by atoms with E-state index in [4.69, 9.17) is 0 Å². The number of rotatable bonds is 8. The summed E-state index contributed by atoms with van der Waals surface area (Å²) in [6, 6.07) is 71.3. The molecule has 0 fully saturated rings. The molecule has 9 aromatic rings. The summed E-state index contributed by atoms with van der Waals surface area (Å²) in [6.07, 6.45) is 10.4. The van der Waals surface area contributed by atoms with Crippen LogP contribution in [0.2, 0.25) is 0 Å². The smallest absolute Gasteiger partial charge is 0.0726 e. The van der Waals surface area contributed by atoms with Crippen molar-refractivity contribution in [2.45, 2.75) is 67.2 Å². The number of aryl methyl sites for hydroxylation is 6. The van der Waals surface area contributed by atoms with Crippen LogP contribution in [0.25, 0.3) is 45.5 Å². The van der Waals surface area contributed by atoms with E-state index in [1.165, 1.54) is 117 Å². The van der Waals surface area contributed by atoms with Crippen LogP contribution in [-0.2, 0) is 5.41 Å². The highest BCUT2D eigenvalue weighted by molar-refractivity contribution is 5.94.